The lowest BCUT2D eigenvalue weighted by Crippen LogP contribution is -1.98. The van der Waals surface area contributed by atoms with E-state index >= 15 is 0 Å². The third-order valence-electron chi connectivity index (χ3n) is 8.14. The van der Waals surface area contributed by atoms with Crippen LogP contribution in [0.4, 0.5) is 0 Å². The van der Waals surface area contributed by atoms with Crippen molar-refractivity contribution in [3.8, 4) is 28.2 Å². The molecule has 6 aromatic carbocycles. The molecule has 3 aromatic heterocycles. The number of furan rings is 1. The highest BCUT2D eigenvalue weighted by atomic mass is 16.3. The molecule has 0 fully saturated rings. The van der Waals surface area contributed by atoms with E-state index < -0.39 is 0 Å². The summed E-state index contributed by atoms with van der Waals surface area (Å²) in [6, 6.07) is 47.1. The lowest BCUT2D eigenvalue weighted by Gasteiger charge is -2.11. The largest absolute Gasteiger partial charge is 0.456 e. The first-order valence-electron chi connectivity index (χ1n) is 13.6. The monoisotopic (exact) mass is 510 g/mol. The van der Waals surface area contributed by atoms with Gasteiger partial charge in [0.2, 0.25) is 0 Å². The standard InChI is InChI=1S/C37H22N2O/c1-2-8-23(9-3-1)30-12-7-15-35(38-30)39-31-13-6-10-24-16-17-26-20-27(22-32(39)37(26)36(24)31)25-18-19-34-29(21-25)28-11-4-5-14-33(28)40-34/h1-22H. The van der Waals surface area contributed by atoms with Crippen LogP contribution in [0.2, 0.25) is 0 Å². The van der Waals surface area contributed by atoms with Gasteiger partial charge < -0.3 is 4.42 Å². The Labute approximate surface area is 229 Å². The van der Waals surface area contributed by atoms with Gasteiger partial charge in [0.15, 0.2) is 0 Å². The molecule has 0 aliphatic rings. The zero-order chi connectivity index (χ0) is 26.2. The summed E-state index contributed by atoms with van der Waals surface area (Å²) in [5.74, 6) is 0.916. The molecule has 9 rings (SSSR count). The van der Waals surface area contributed by atoms with Crippen LogP contribution >= 0.6 is 0 Å². The molecule has 0 atom stereocenters. The summed E-state index contributed by atoms with van der Waals surface area (Å²) in [4.78, 5) is 5.17. The van der Waals surface area contributed by atoms with Crippen molar-refractivity contribution in [1.82, 2.24) is 9.55 Å². The SMILES string of the molecule is c1ccc(-c2cccc(-n3c4cccc5ccc6cc(-c7ccc8oc9ccccc9c8c7)cc3c6c54)n2)cc1. The maximum Gasteiger partial charge on any atom is 0.138 e. The number of rotatable bonds is 3. The highest BCUT2D eigenvalue weighted by Gasteiger charge is 2.19. The second-order valence-electron chi connectivity index (χ2n) is 10.4. The third kappa shape index (κ3) is 3.03. The van der Waals surface area contributed by atoms with Crippen molar-refractivity contribution in [3.05, 3.63) is 133 Å². The van der Waals surface area contributed by atoms with Crippen LogP contribution in [-0.4, -0.2) is 9.55 Å². The number of pyridine rings is 1. The minimum atomic E-state index is 0.910. The molecule has 0 aliphatic heterocycles. The summed E-state index contributed by atoms with van der Waals surface area (Å²) in [6.07, 6.45) is 0. The molecule has 40 heavy (non-hydrogen) atoms. The molecule has 3 nitrogen and oxygen atoms in total. The van der Waals surface area contributed by atoms with E-state index in [1.807, 2.05) is 18.2 Å². The normalized spacial score (nSPS) is 12.0. The van der Waals surface area contributed by atoms with Crippen LogP contribution in [-0.2, 0) is 0 Å². The van der Waals surface area contributed by atoms with E-state index in [-0.39, 0.29) is 0 Å². The molecule has 0 aliphatic carbocycles. The zero-order valence-corrected chi connectivity index (χ0v) is 21.5. The molecule has 0 saturated heterocycles. The average molecular weight is 511 g/mol. The van der Waals surface area contributed by atoms with Crippen LogP contribution in [0.3, 0.4) is 0 Å². The van der Waals surface area contributed by atoms with Crippen LogP contribution in [0.5, 0.6) is 0 Å². The van der Waals surface area contributed by atoms with Gasteiger partial charge in [-0.15, -0.1) is 0 Å². The van der Waals surface area contributed by atoms with Crippen LogP contribution in [0.1, 0.15) is 0 Å². The van der Waals surface area contributed by atoms with Gasteiger partial charge in [0.1, 0.15) is 17.0 Å². The Morgan fingerprint density at radius 1 is 0.475 bits per heavy atom. The van der Waals surface area contributed by atoms with E-state index in [2.05, 4.69) is 120 Å². The van der Waals surface area contributed by atoms with Crippen LogP contribution < -0.4 is 0 Å². The van der Waals surface area contributed by atoms with Crippen molar-refractivity contribution in [2.75, 3.05) is 0 Å². The van der Waals surface area contributed by atoms with Gasteiger partial charge in [-0.05, 0) is 70.4 Å². The molecule has 0 radical (unpaired) electrons. The van der Waals surface area contributed by atoms with Crippen molar-refractivity contribution in [3.63, 3.8) is 0 Å². The van der Waals surface area contributed by atoms with Crippen molar-refractivity contribution in [2.45, 2.75) is 0 Å². The average Bonchev–Trinajstić information content (AvgIpc) is 3.56. The summed E-state index contributed by atoms with van der Waals surface area (Å²) in [7, 11) is 0. The van der Waals surface area contributed by atoms with Gasteiger partial charge in [-0.2, -0.15) is 0 Å². The van der Waals surface area contributed by atoms with Gasteiger partial charge in [-0.1, -0.05) is 84.9 Å². The molecule has 0 bridgehead atoms. The number of hydrogen-bond donors (Lipinski definition) is 0. The summed E-state index contributed by atoms with van der Waals surface area (Å²) in [6.45, 7) is 0. The first-order valence-corrected chi connectivity index (χ1v) is 13.6. The smallest absolute Gasteiger partial charge is 0.138 e. The summed E-state index contributed by atoms with van der Waals surface area (Å²) < 4.78 is 8.43. The van der Waals surface area contributed by atoms with Gasteiger partial charge in [-0.25, -0.2) is 4.98 Å². The number of nitrogens with zero attached hydrogens (tertiary/aromatic N) is 2. The second-order valence-corrected chi connectivity index (χ2v) is 10.4. The predicted molar refractivity (Wildman–Crippen MR) is 165 cm³/mol. The first kappa shape index (κ1) is 21.5. The molecular weight excluding hydrogens is 488 g/mol. The Balaban J connectivity index is 1.34. The fraction of sp³-hybridized carbons (Fsp3) is 0. The van der Waals surface area contributed by atoms with Gasteiger partial charge in [0, 0.05) is 27.1 Å². The Hall–Kier alpha value is -5.41. The lowest BCUT2D eigenvalue weighted by atomic mass is 9.96. The summed E-state index contributed by atoms with van der Waals surface area (Å²) in [5, 5.41) is 7.31. The van der Waals surface area contributed by atoms with Crippen molar-refractivity contribution >= 4 is 54.5 Å². The Morgan fingerprint density at radius 3 is 2.23 bits per heavy atom. The van der Waals surface area contributed by atoms with E-state index in [0.717, 1.165) is 44.5 Å². The quantitative estimate of drug-likeness (QED) is 0.221. The van der Waals surface area contributed by atoms with Crippen molar-refractivity contribution in [1.29, 1.82) is 0 Å². The van der Waals surface area contributed by atoms with E-state index in [0.29, 0.717) is 0 Å². The molecule has 0 N–H and O–H groups in total. The molecule has 9 aromatic rings. The fourth-order valence-corrected chi connectivity index (χ4v) is 6.33. The number of benzene rings is 6. The molecular formula is C37H22N2O. The molecule has 3 heteroatoms. The Bertz CT molecular complexity index is 2380. The fourth-order valence-electron chi connectivity index (χ4n) is 6.33. The molecule has 3 heterocycles. The highest BCUT2D eigenvalue weighted by Crippen LogP contribution is 2.42. The molecule has 0 saturated carbocycles. The number of hydrogen-bond acceptors (Lipinski definition) is 2. The van der Waals surface area contributed by atoms with Crippen LogP contribution in [0.25, 0.3) is 82.7 Å². The van der Waals surface area contributed by atoms with Gasteiger partial charge in [0.05, 0.1) is 16.7 Å². The molecule has 0 amide bonds. The van der Waals surface area contributed by atoms with Crippen LogP contribution in [0, 0.1) is 0 Å². The second kappa shape index (κ2) is 8.05. The van der Waals surface area contributed by atoms with E-state index in [4.69, 9.17) is 9.40 Å². The number of fused-ring (bicyclic) bond motifs is 3. The van der Waals surface area contributed by atoms with E-state index in [1.165, 1.54) is 38.2 Å². The van der Waals surface area contributed by atoms with Gasteiger partial charge >= 0.3 is 0 Å². The summed E-state index contributed by atoms with van der Waals surface area (Å²) >= 11 is 0. The number of aromatic nitrogens is 2. The maximum atomic E-state index is 6.11. The molecule has 0 spiro atoms. The zero-order valence-electron chi connectivity index (χ0n) is 21.5. The van der Waals surface area contributed by atoms with E-state index in [1.54, 1.807) is 0 Å². The molecule has 186 valence electrons. The predicted octanol–water partition coefficient (Wildman–Crippen LogP) is 10.0. The minimum absolute atomic E-state index is 0.910. The topological polar surface area (TPSA) is 31.0 Å². The summed E-state index contributed by atoms with van der Waals surface area (Å²) in [5.41, 5.74) is 8.57. The van der Waals surface area contributed by atoms with E-state index in [9.17, 15) is 0 Å². The lowest BCUT2D eigenvalue weighted by molar-refractivity contribution is 0.669. The van der Waals surface area contributed by atoms with Crippen molar-refractivity contribution < 1.29 is 4.42 Å². The maximum absolute atomic E-state index is 6.11. The Kier molecular flexibility index (Phi) is 4.33. The van der Waals surface area contributed by atoms with Gasteiger partial charge in [0.25, 0.3) is 0 Å². The minimum Gasteiger partial charge on any atom is -0.456 e. The first-order chi connectivity index (χ1) is 19.8. The Morgan fingerprint density at radius 2 is 1.27 bits per heavy atom. The van der Waals surface area contributed by atoms with Crippen LogP contribution in [0.15, 0.2) is 138 Å². The molecule has 0 unspecified atom stereocenters. The number of para-hydroxylation sites is 1. The highest BCUT2D eigenvalue weighted by molar-refractivity contribution is 6.25. The third-order valence-corrected chi connectivity index (χ3v) is 8.14. The van der Waals surface area contributed by atoms with Crippen molar-refractivity contribution in [2.24, 2.45) is 0 Å². The van der Waals surface area contributed by atoms with Gasteiger partial charge in [-0.3, -0.25) is 4.57 Å².